The first kappa shape index (κ1) is 19.4. The number of unbranched alkanes of at least 4 members (excludes halogenated alkanes) is 1. The van der Waals surface area contributed by atoms with E-state index in [-0.39, 0.29) is 5.82 Å². The van der Waals surface area contributed by atoms with Crippen molar-refractivity contribution in [1.82, 2.24) is 19.5 Å². The molecule has 0 unspecified atom stereocenters. The second-order valence-electron chi connectivity index (χ2n) is 6.05. The molecule has 10 heteroatoms. The Morgan fingerprint density at radius 2 is 1.85 bits per heavy atom. The number of aromatic nitrogens is 4. The summed E-state index contributed by atoms with van der Waals surface area (Å²) in [7, 11) is 0. The number of anilines is 2. The zero-order valence-electron chi connectivity index (χ0n) is 14.5. The van der Waals surface area contributed by atoms with E-state index in [0.717, 1.165) is 31.5 Å². The fourth-order valence-electron chi connectivity index (χ4n) is 2.57. The summed E-state index contributed by atoms with van der Waals surface area (Å²) >= 11 is 3.36. The highest BCUT2D eigenvalue weighted by atomic mass is 79.9. The lowest BCUT2D eigenvalue weighted by Gasteiger charge is -2.10. The molecule has 3 N–H and O–H groups in total. The molecule has 0 saturated carbocycles. The van der Waals surface area contributed by atoms with Crippen molar-refractivity contribution in [2.75, 3.05) is 17.6 Å². The quantitative estimate of drug-likeness (QED) is 0.435. The second-order valence-corrected chi connectivity index (χ2v) is 6.76. The molecule has 0 spiro atoms. The summed E-state index contributed by atoms with van der Waals surface area (Å²) in [5, 5.41) is 3.12. The molecule has 0 bridgehead atoms. The lowest BCUT2D eigenvalue weighted by atomic mass is 10.1. The summed E-state index contributed by atoms with van der Waals surface area (Å²) in [6.07, 6.45) is -2.36. The second kappa shape index (κ2) is 7.71. The van der Waals surface area contributed by atoms with Gasteiger partial charge in [0, 0.05) is 6.54 Å². The minimum atomic E-state index is -4.36. The van der Waals surface area contributed by atoms with Crippen LogP contribution in [0.2, 0.25) is 0 Å². The van der Waals surface area contributed by atoms with Crippen LogP contribution in [0.15, 0.2) is 29.0 Å². The molecule has 2 heterocycles. The number of nitrogens with two attached hydrogens (primary N) is 1. The molecule has 0 saturated heterocycles. The van der Waals surface area contributed by atoms with Gasteiger partial charge in [0.1, 0.15) is 0 Å². The van der Waals surface area contributed by atoms with Crippen LogP contribution in [0.1, 0.15) is 30.9 Å². The summed E-state index contributed by atoms with van der Waals surface area (Å²) in [5.74, 6) is 0.639. The van der Waals surface area contributed by atoms with E-state index in [1.54, 1.807) is 4.57 Å². The van der Waals surface area contributed by atoms with Gasteiger partial charge in [0.25, 0.3) is 0 Å². The molecule has 0 atom stereocenters. The van der Waals surface area contributed by atoms with Crippen LogP contribution in [0.25, 0.3) is 11.2 Å². The van der Waals surface area contributed by atoms with E-state index in [1.165, 1.54) is 12.1 Å². The molecule has 0 aliphatic carbocycles. The fraction of sp³-hybridized carbons (Fsp3) is 0.353. The topological polar surface area (TPSA) is 81.6 Å². The smallest absolute Gasteiger partial charge is 0.382 e. The Morgan fingerprint density at radius 3 is 2.48 bits per heavy atom. The first-order valence-corrected chi connectivity index (χ1v) is 9.18. The average molecular weight is 443 g/mol. The van der Waals surface area contributed by atoms with Crippen molar-refractivity contribution in [3.05, 3.63) is 40.1 Å². The van der Waals surface area contributed by atoms with Gasteiger partial charge >= 0.3 is 6.18 Å². The van der Waals surface area contributed by atoms with Gasteiger partial charge in [-0.1, -0.05) is 25.5 Å². The van der Waals surface area contributed by atoms with Gasteiger partial charge in [-0.05, 0) is 40.0 Å². The SMILES string of the molecule is CCCCNc1nc(N)c2nc(Br)n(Cc3ccc(C(F)(F)F)cc3)c2n1. The Hall–Kier alpha value is -2.36. The maximum Gasteiger partial charge on any atom is 0.416 e. The first-order chi connectivity index (χ1) is 12.8. The number of benzene rings is 1. The third kappa shape index (κ3) is 4.32. The zero-order valence-corrected chi connectivity index (χ0v) is 16.1. The third-order valence-corrected chi connectivity index (χ3v) is 4.62. The van der Waals surface area contributed by atoms with Crippen LogP contribution < -0.4 is 11.1 Å². The number of fused-ring (bicyclic) bond motifs is 1. The van der Waals surface area contributed by atoms with E-state index >= 15 is 0 Å². The number of nitrogen functional groups attached to an aromatic ring is 1. The summed E-state index contributed by atoms with van der Waals surface area (Å²) < 4.78 is 40.4. The minimum Gasteiger partial charge on any atom is -0.382 e. The number of nitrogens with one attached hydrogen (secondary N) is 1. The molecular formula is C17H18BrF3N6. The Labute approximate surface area is 162 Å². The van der Waals surface area contributed by atoms with E-state index < -0.39 is 11.7 Å². The van der Waals surface area contributed by atoms with Gasteiger partial charge in [0.15, 0.2) is 21.7 Å². The standard InChI is InChI=1S/C17H18BrF3N6/c1-2-3-8-23-16-25-13(22)12-14(26-16)27(15(18)24-12)9-10-4-6-11(7-5-10)17(19,20)21/h4-7H,2-3,8-9H2,1H3,(H3,22,23,25,26). The van der Waals surface area contributed by atoms with Gasteiger partial charge < -0.3 is 11.1 Å². The number of halogens is 4. The van der Waals surface area contributed by atoms with Crippen LogP contribution in [0.4, 0.5) is 24.9 Å². The van der Waals surface area contributed by atoms with Gasteiger partial charge in [0.2, 0.25) is 5.95 Å². The highest BCUT2D eigenvalue weighted by Gasteiger charge is 2.30. The van der Waals surface area contributed by atoms with Crippen molar-refractivity contribution in [2.45, 2.75) is 32.5 Å². The highest BCUT2D eigenvalue weighted by Crippen LogP contribution is 2.30. The number of rotatable bonds is 6. The van der Waals surface area contributed by atoms with Crippen molar-refractivity contribution in [1.29, 1.82) is 0 Å². The Morgan fingerprint density at radius 1 is 1.15 bits per heavy atom. The van der Waals surface area contributed by atoms with Crippen molar-refractivity contribution < 1.29 is 13.2 Å². The molecule has 3 aromatic rings. The Kier molecular flexibility index (Phi) is 5.54. The zero-order chi connectivity index (χ0) is 19.6. The minimum absolute atomic E-state index is 0.242. The van der Waals surface area contributed by atoms with Gasteiger partial charge in [0.05, 0.1) is 12.1 Å². The predicted molar refractivity (Wildman–Crippen MR) is 101 cm³/mol. The molecule has 0 radical (unpaired) electrons. The van der Waals surface area contributed by atoms with Crippen LogP contribution in [0.5, 0.6) is 0 Å². The van der Waals surface area contributed by atoms with Crippen molar-refractivity contribution in [3.63, 3.8) is 0 Å². The molecule has 144 valence electrons. The first-order valence-electron chi connectivity index (χ1n) is 8.39. The summed E-state index contributed by atoms with van der Waals surface area (Å²) in [6, 6.07) is 4.99. The number of nitrogens with zero attached hydrogens (tertiary/aromatic N) is 4. The molecule has 2 aromatic heterocycles. The molecule has 0 aliphatic heterocycles. The summed E-state index contributed by atoms with van der Waals surface area (Å²) in [6.45, 7) is 3.09. The molecule has 0 fully saturated rings. The Balaban J connectivity index is 1.92. The largest absolute Gasteiger partial charge is 0.416 e. The molecular weight excluding hydrogens is 425 g/mol. The average Bonchev–Trinajstić information content (AvgIpc) is 2.92. The molecule has 1 aromatic carbocycles. The normalized spacial score (nSPS) is 11.9. The Bertz CT molecular complexity index is 936. The molecule has 3 rings (SSSR count). The van der Waals surface area contributed by atoms with E-state index in [9.17, 15) is 13.2 Å². The number of imidazole rings is 1. The van der Waals surface area contributed by atoms with E-state index in [4.69, 9.17) is 5.73 Å². The van der Waals surface area contributed by atoms with Crippen molar-refractivity contribution >= 4 is 38.9 Å². The molecule has 27 heavy (non-hydrogen) atoms. The van der Waals surface area contributed by atoms with Gasteiger partial charge in [-0.2, -0.15) is 23.1 Å². The van der Waals surface area contributed by atoms with Crippen LogP contribution in [-0.2, 0) is 12.7 Å². The van der Waals surface area contributed by atoms with E-state index in [1.807, 2.05) is 0 Å². The predicted octanol–water partition coefficient (Wildman–Crippen LogP) is 4.45. The fourth-order valence-corrected chi connectivity index (χ4v) is 3.04. The third-order valence-electron chi connectivity index (χ3n) is 4.01. The maximum atomic E-state index is 12.7. The molecule has 0 amide bonds. The summed E-state index contributed by atoms with van der Waals surface area (Å²) in [4.78, 5) is 13.0. The van der Waals surface area contributed by atoms with Crippen molar-refractivity contribution in [2.24, 2.45) is 0 Å². The van der Waals surface area contributed by atoms with E-state index in [0.29, 0.717) is 34.0 Å². The summed E-state index contributed by atoms with van der Waals surface area (Å²) in [5.41, 5.74) is 6.93. The maximum absolute atomic E-state index is 12.7. The van der Waals surface area contributed by atoms with Gasteiger partial charge in [-0.25, -0.2) is 4.98 Å². The molecule has 0 aliphatic rings. The lowest BCUT2D eigenvalue weighted by Crippen LogP contribution is -2.09. The van der Waals surface area contributed by atoms with Crippen LogP contribution in [-0.4, -0.2) is 26.1 Å². The monoisotopic (exact) mass is 442 g/mol. The van der Waals surface area contributed by atoms with Crippen LogP contribution >= 0.6 is 15.9 Å². The molecule has 6 nitrogen and oxygen atoms in total. The van der Waals surface area contributed by atoms with Gasteiger partial charge in [-0.15, -0.1) is 0 Å². The highest BCUT2D eigenvalue weighted by molar-refractivity contribution is 9.10. The van der Waals surface area contributed by atoms with Crippen LogP contribution in [0, 0.1) is 0 Å². The van der Waals surface area contributed by atoms with E-state index in [2.05, 4.69) is 43.1 Å². The lowest BCUT2D eigenvalue weighted by molar-refractivity contribution is -0.137. The number of hydrogen-bond donors (Lipinski definition) is 2. The number of hydrogen-bond acceptors (Lipinski definition) is 5. The number of alkyl halides is 3. The van der Waals surface area contributed by atoms with Crippen molar-refractivity contribution in [3.8, 4) is 0 Å². The van der Waals surface area contributed by atoms with Crippen LogP contribution in [0.3, 0.4) is 0 Å². The van der Waals surface area contributed by atoms with Gasteiger partial charge in [-0.3, -0.25) is 4.57 Å².